The highest BCUT2D eigenvalue weighted by molar-refractivity contribution is 5.75. The minimum absolute atomic E-state index is 0.855. The molecule has 0 radical (unpaired) electrons. The zero-order valence-corrected chi connectivity index (χ0v) is 81.0. The minimum Gasteiger partial charge on any atom is -0.394 e. The zero-order chi connectivity index (χ0) is 110. The molecule has 12 rings (SSSR count). The molecule has 60 atom stereocenters. The largest absolute Gasteiger partial charge is 0.394 e. The van der Waals surface area contributed by atoms with Crippen LogP contribution in [-0.4, -0.2) is 623 Å². The Morgan fingerprint density at radius 1 is 0.188 bits per heavy atom. The van der Waals surface area contributed by atoms with E-state index in [9.17, 15) is 182 Å². The molecule has 0 saturated carbocycles. The Balaban J connectivity index is 1.00. The fourth-order valence-corrected chi connectivity index (χ4v) is 19.6. The molecule has 12 fully saturated rings. The molecule has 0 aromatic heterocycles. The van der Waals surface area contributed by atoms with Gasteiger partial charge in [-0.2, -0.15) is 0 Å². The summed E-state index contributed by atoms with van der Waals surface area (Å²) >= 11 is 0. The van der Waals surface area contributed by atoms with Crippen LogP contribution in [0.4, 0.5) is 0 Å². The SMILES string of the molecule is CC(=O)N[C@H]1[C@H](O[C@H]2[C@H](O)[C@@H](NC(C)=O)C(O)O[C@@H]2CO)O[C@H](CO)[C@@H](O[C@@H]2O[C@H](CO[C@H]3O[C@H](CO)[C@@H](O)[C@H](O)[C@@H]3O[C@@H]3O[C@H](CO)[C@@H](O[C@@H]4O[C@H](CO)[C@H](O)[C@H](O)[C@H]4NC(C)=O)[C@H](O[C@@H]4O[C@@H](C)[C@@H](O)[C@@H](O)[C@@H]4O)[C@H]3NC(C)=O)[C@@H](O[C@@H]3O[C@H](CO)[C@@H](O)[C@H](O)[C@H]3NC(C)=O)[C@H](O[C@H]3O[C@H](CO)[C@@H](O)[C@H](O)[C@@H]3O[C@@H]3O[C@H](CO)[C@@H](O[C@@H]4O[C@H](CO)[C@H](O)[C@H](O)[C@H]4O)[C@H](O[C@@H]4O[C@@H](C)[C@@H](O)[C@@H](O)[C@@H]4O)[C@H]3NC(C)=O)[C@@H]2O)[C@@H]1O. The minimum atomic E-state index is -2.89. The van der Waals surface area contributed by atoms with Gasteiger partial charge in [-0.1, -0.05) is 0 Å². The van der Waals surface area contributed by atoms with Gasteiger partial charge in [-0.15, -0.1) is 0 Å². The predicted molar refractivity (Wildman–Crippen MR) is 462 cm³/mol. The van der Waals surface area contributed by atoms with Crippen LogP contribution in [0, 0.1) is 0 Å². The summed E-state index contributed by atoms with van der Waals surface area (Å²) in [6.07, 6.45) is -120. The molecule has 12 aliphatic rings. The number of nitrogens with one attached hydrogen (secondary N) is 6. The van der Waals surface area contributed by atoms with Gasteiger partial charge in [0.2, 0.25) is 35.4 Å². The number of ether oxygens (including phenoxy) is 23. The van der Waals surface area contributed by atoms with Crippen molar-refractivity contribution in [1.29, 1.82) is 0 Å². The van der Waals surface area contributed by atoms with E-state index in [4.69, 9.17) is 109 Å². The van der Waals surface area contributed by atoms with Crippen LogP contribution in [0.5, 0.6) is 0 Å². The number of rotatable bonds is 38. The zero-order valence-electron chi connectivity index (χ0n) is 81.0. The van der Waals surface area contributed by atoms with Crippen molar-refractivity contribution in [3.05, 3.63) is 0 Å². The molecule has 149 heavy (non-hydrogen) atoms. The predicted octanol–water partition coefficient (Wildman–Crippen LogP) is -24.2. The Bertz CT molecular complexity index is 4230. The third-order valence-electron chi connectivity index (χ3n) is 27.4. The van der Waals surface area contributed by atoms with Crippen molar-refractivity contribution in [3.63, 3.8) is 0 Å². The van der Waals surface area contributed by atoms with E-state index in [1.807, 2.05) is 0 Å². The van der Waals surface area contributed by atoms with Crippen molar-refractivity contribution >= 4 is 35.4 Å². The number of hydrogen-bond acceptors (Lipinski definition) is 59. The lowest BCUT2D eigenvalue weighted by Gasteiger charge is -2.53. The molecule has 12 saturated heterocycles. The maximum absolute atomic E-state index is 13.9. The molecule has 65 heteroatoms. The van der Waals surface area contributed by atoms with Gasteiger partial charge in [-0.25, -0.2) is 0 Å². The van der Waals surface area contributed by atoms with Gasteiger partial charge in [0.05, 0.1) is 78.3 Å². The van der Waals surface area contributed by atoms with Crippen LogP contribution in [-0.2, 0) is 138 Å². The first kappa shape index (κ1) is 122. The highest BCUT2D eigenvalue weighted by Crippen LogP contribution is 2.44. The van der Waals surface area contributed by atoms with Gasteiger partial charge in [0, 0.05) is 41.5 Å². The fraction of sp³-hybridized carbons (Fsp3) is 0.929. The standard InChI is InChI=1S/C84H140N6O59/c1-19-43(106)54(117)59(122)79(128-19)145-68-41(89-25(7)104)77(137-34(16-98)65(68)142-74-38(86-22(4)101)50(113)45(108)27(9-91)131-74)148-71-57(120)48(111)30(12-94)134-83(71)127-18-36-67(143-75-39(87-23(5)102)51(114)46(109)28(10-92)132-75)70(62(125)82(139-36)141-64-33(15-97)136-76(40(53(64)116)88-24(6)103)140-63-32(14-96)130-73(126)37(52(63)115)85-21(3)100)147-84-72(58(121)49(112)31(13-95)135-84)149-78-42(90-26(8)105)69(146-80-60(123)55(118)44(107)20(2)129-80)66(35(17-99)138-78)144-81-61(124)56(119)47(110)29(11-93)133-81/h19-20,27-84,91-99,106-126H,9-18H2,1-8H3,(H,85,100)(H,86,101)(H,87,102)(H,88,103)(H,89,104)(H,90,105)/t19-,20-,27+,28+,29+,30+,31+,32+,33+,34+,35+,36+,37+,38+,39+,40+,41+,42+,43+,44+,45-,46+,47-,48+,49+,50+,51+,52+,53+,54+,55+,56-,57-,58-,59-,60-,61+,62-,63+,64+,65+,66+,67+,68+,69+,70+,71-,72-,73?,74-,75-,76-,77-,78-,79-,80-,81-,82-,83-,84+/m0/s1. The van der Waals surface area contributed by atoms with Gasteiger partial charge in [-0.05, 0) is 13.8 Å². The van der Waals surface area contributed by atoms with E-state index in [1.165, 1.54) is 13.8 Å². The summed E-state index contributed by atoms with van der Waals surface area (Å²) in [5, 5.41) is 358. The van der Waals surface area contributed by atoms with E-state index in [0.29, 0.717) is 0 Å². The van der Waals surface area contributed by atoms with Crippen molar-refractivity contribution in [2.45, 2.75) is 423 Å². The van der Waals surface area contributed by atoms with Gasteiger partial charge >= 0.3 is 0 Å². The fourth-order valence-electron chi connectivity index (χ4n) is 19.6. The Labute approximate surface area is 845 Å². The summed E-state index contributed by atoms with van der Waals surface area (Å²) in [6, 6.07) is -12.2. The maximum atomic E-state index is 13.9. The lowest BCUT2D eigenvalue weighted by Crippen LogP contribution is -2.72. The first-order chi connectivity index (χ1) is 70.4. The van der Waals surface area contributed by atoms with Crippen molar-refractivity contribution < 1.29 is 291 Å². The Kier molecular flexibility index (Phi) is 43.8. The van der Waals surface area contributed by atoms with Crippen molar-refractivity contribution in [3.8, 4) is 0 Å². The Hall–Kier alpha value is -5.30. The molecular formula is C84H140N6O59. The summed E-state index contributed by atoms with van der Waals surface area (Å²) in [5.41, 5.74) is 0. The molecule has 65 nitrogen and oxygen atoms in total. The molecule has 0 bridgehead atoms. The highest BCUT2D eigenvalue weighted by Gasteiger charge is 2.65. The number of carbonyl (C=O) groups excluding carboxylic acids is 6. The molecule has 0 aromatic rings. The smallest absolute Gasteiger partial charge is 0.217 e. The molecule has 6 amide bonds. The lowest BCUT2D eigenvalue weighted by atomic mass is 9.93. The van der Waals surface area contributed by atoms with Crippen molar-refractivity contribution in [2.24, 2.45) is 0 Å². The number of aliphatic hydroxyl groups excluding tert-OH is 30. The van der Waals surface area contributed by atoms with E-state index >= 15 is 0 Å². The second-order valence-electron chi connectivity index (χ2n) is 38.0. The first-order valence-corrected chi connectivity index (χ1v) is 47.9. The van der Waals surface area contributed by atoms with E-state index < -0.39 is 470 Å². The Morgan fingerprint density at radius 2 is 0.416 bits per heavy atom. The third-order valence-corrected chi connectivity index (χ3v) is 27.4. The first-order valence-electron chi connectivity index (χ1n) is 47.9. The number of amides is 6. The van der Waals surface area contributed by atoms with Crippen LogP contribution in [0.25, 0.3) is 0 Å². The van der Waals surface area contributed by atoms with E-state index in [-0.39, 0.29) is 0 Å². The quantitative estimate of drug-likeness (QED) is 0.0273. The molecule has 36 N–H and O–H groups in total. The normalized spacial score (nSPS) is 49.0. The van der Waals surface area contributed by atoms with Gasteiger partial charge in [-0.3, -0.25) is 28.8 Å². The van der Waals surface area contributed by atoms with Crippen LogP contribution in [0.1, 0.15) is 55.4 Å². The topological polar surface area (TPSA) is 994 Å². The summed E-state index contributed by atoms with van der Waals surface area (Å²) in [7, 11) is 0. The van der Waals surface area contributed by atoms with Crippen LogP contribution >= 0.6 is 0 Å². The summed E-state index contributed by atoms with van der Waals surface area (Å²) in [5.74, 6) is -6.06. The van der Waals surface area contributed by atoms with Crippen LogP contribution in [0.2, 0.25) is 0 Å². The maximum Gasteiger partial charge on any atom is 0.217 e. The number of hydrogen-bond donors (Lipinski definition) is 36. The summed E-state index contributed by atoms with van der Waals surface area (Å²) in [4.78, 5) is 79.9. The average molecular weight is 2180 g/mol. The summed E-state index contributed by atoms with van der Waals surface area (Å²) < 4.78 is 144. The molecule has 12 aliphatic heterocycles. The highest BCUT2D eigenvalue weighted by atomic mass is 16.8. The van der Waals surface area contributed by atoms with Crippen LogP contribution in [0.3, 0.4) is 0 Å². The van der Waals surface area contributed by atoms with E-state index in [2.05, 4.69) is 31.9 Å². The van der Waals surface area contributed by atoms with Crippen LogP contribution < -0.4 is 31.9 Å². The van der Waals surface area contributed by atoms with Gasteiger partial charge in [0.25, 0.3) is 0 Å². The van der Waals surface area contributed by atoms with E-state index in [0.717, 1.165) is 41.5 Å². The molecular weight excluding hydrogens is 2040 g/mol. The van der Waals surface area contributed by atoms with Gasteiger partial charge < -0.3 is 294 Å². The van der Waals surface area contributed by atoms with E-state index in [1.54, 1.807) is 0 Å². The molecule has 0 spiro atoms. The lowest BCUT2D eigenvalue weighted by molar-refractivity contribution is -0.411. The summed E-state index contributed by atoms with van der Waals surface area (Å²) in [6.45, 7) is -4.79. The van der Waals surface area contributed by atoms with Crippen molar-refractivity contribution in [1.82, 2.24) is 31.9 Å². The third kappa shape index (κ3) is 27.3. The monoisotopic (exact) mass is 2180 g/mol. The molecule has 1 unspecified atom stereocenters. The van der Waals surface area contributed by atoms with Gasteiger partial charge in [0.1, 0.15) is 280 Å². The molecule has 0 aliphatic carbocycles. The van der Waals surface area contributed by atoms with Crippen molar-refractivity contribution in [2.75, 3.05) is 66.1 Å². The van der Waals surface area contributed by atoms with Crippen LogP contribution in [0.15, 0.2) is 0 Å². The second-order valence-corrected chi connectivity index (χ2v) is 38.0. The second kappa shape index (κ2) is 53.4. The number of carbonyl (C=O) groups is 6. The molecule has 12 heterocycles. The molecule has 860 valence electrons. The molecule has 0 aromatic carbocycles. The Morgan fingerprint density at radius 3 is 0.799 bits per heavy atom. The average Bonchev–Trinajstić information content (AvgIpc) is 0.758. The van der Waals surface area contributed by atoms with Gasteiger partial charge in [0.15, 0.2) is 75.5 Å². The number of aliphatic hydroxyl groups is 30.